The molecule has 246 valence electrons. The Hall–Kier alpha value is -3.11. The first kappa shape index (κ1) is 34.8. The van der Waals surface area contributed by atoms with Crippen molar-refractivity contribution in [2.75, 3.05) is 65.7 Å². The van der Waals surface area contributed by atoms with E-state index in [9.17, 15) is 31.1 Å². The number of morpholine rings is 1. The molecule has 2 saturated heterocycles. The van der Waals surface area contributed by atoms with Crippen molar-refractivity contribution in [1.82, 2.24) is 14.7 Å². The third kappa shape index (κ3) is 9.45. The van der Waals surface area contributed by atoms with E-state index < -0.39 is 41.0 Å². The Kier molecular flexibility index (Phi) is 11.6. The minimum atomic E-state index is -5.04. The van der Waals surface area contributed by atoms with Gasteiger partial charge in [0.15, 0.2) is 0 Å². The number of piperazine rings is 1. The van der Waals surface area contributed by atoms with Crippen LogP contribution in [0.3, 0.4) is 0 Å². The number of carbonyl (C=O) groups excluding carboxylic acids is 1. The molecule has 0 bridgehead atoms. The SMILES string of the molecule is CCOC[C@H]1COCCN1CC#CCN1CCN(C(=O)c2cc(C(F)(F)F)cc(C(F)(F)F)c2)[C@H](Cc2ccc(C)c(C)c2)C1. The lowest BCUT2D eigenvalue weighted by Gasteiger charge is -2.41. The summed E-state index contributed by atoms with van der Waals surface area (Å²) >= 11 is 0. The number of nitrogens with zero attached hydrogens (tertiary/aromatic N) is 3. The first-order valence-electron chi connectivity index (χ1n) is 15.0. The maximum Gasteiger partial charge on any atom is 0.416 e. The molecular formula is C33H39F6N3O3. The number of halogens is 6. The molecule has 2 aliphatic rings. The zero-order valence-corrected chi connectivity index (χ0v) is 25.7. The molecule has 1 amide bonds. The van der Waals surface area contributed by atoms with E-state index in [2.05, 4.69) is 21.6 Å². The van der Waals surface area contributed by atoms with Crippen LogP contribution in [0.2, 0.25) is 0 Å². The predicted molar refractivity (Wildman–Crippen MR) is 158 cm³/mol. The normalized spacial score (nSPS) is 20.2. The molecule has 0 aliphatic carbocycles. The molecule has 2 fully saturated rings. The summed E-state index contributed by atoms with van der Waals surface area (Å²) in [6, 6.07) is 6.55. The number of ether oxygens (including phenoxy) is 2. The molecule has 4 rings (SSSR count). The Bertz CT molecular complexity index is 1350. The van der Waals surface area contributed by atoms with E-state index in [4.69, 9.17) is 9.47 Å². The molecule has 2 aliphatic heterocycles. The minimum Gasteiger partial charge on any atom is -0.380 e. The van der Waals surface area contributed by atoms with E-state index >= 15 is 0 Å². The average molecular weight is 640 g/mol. The maximum atomic E-state index is 13.6. The Morgan fingerprint density at radius 2 is 1.60 bits per heavy atom. The van der Waals surface area contributed by atoms with Gasteiger partial charge in [-0.2, -0.15) is 26.3 Å². The number of amides is 1. The molecule has 2 heterocycles. The van der Waals surface area contributed by atoms with Crippen molar-refractivity contribution in [3.63, 3.8) is 0 Å². The molecule has 2 atom stereocenters. The van der Waals surface area contributed by atoms with Crippen LogP contribution >= 0.6 is 0 Å². The van der Waals surface area contributed by atoms with Gasteiger partial charge >= 0.3 is 12.4 Å². The van der Waals surface area contributed by atoms with E-state index in [1.807, 2.05) is 39.0 Å². The number of alkyl halides is 6. The van der Waals surface area contributed by atoms with Crippen LogP contribution in [0.1, 0.15) is 45.1 Å². The number of hydrogen-bond acceptors (Lipinski definition) is 5. The predicted octanol–water partition coefficient (Wildman–Crippen LogP) is 5.45. The first-order chi connectivity index (χ1) is 21.3. The molecule has 2 aromatic rings. The molecule has 12 heteroatoms. The number of aryl methyl sites for hydroxylation is 2. The fraction of sp³-hybridized carbons (Fsp3) is 0.545. The summed E-state index contributed by atoms with van der Waals surface area (Å²) in [5.74, 6) is 5.56. The highest BCUT2D eigenvalue weighted by molar-refractivity contribution is 5.95. The van der Waals surface area contributed by atoms with Gasteiger partial charge in [0.05, 0.1) is 50.1 Å². The zero-order valence-electron chi connectivity index (χ0n) is 25.7. The van der Waals surface area contributed by atoms with Gasteiger partial charge in [0.25, 0.3) is 5.91 Å². The molecule has 0 aromatic heterocycles. The molecule has 0 N–H and O–H groups in total. The highest BCUT2D eigenvalue weighted by atomic mass is 19.4. The minimum absolute atomic E-state index is 0.0376. The van der Waals surface area contributed by atoms with Gasteiger partial charge in [-0.3, -0.25) is 14.6 Å². The van der Waals surface area contributed by atoms with Crippen molar-refractivity contribution in [2.24, 2.45) is 0 Å². The molecule has 45 heavy (non-hydrogen) atoms. The van der Waals surface area contributed by atoms with Crippen LogP contribution in [-0.2, 0) is 28.2 Å². The molecule has 6 nitrogen and oxygen atoms in total. The topological polar surface area (TPSA) is 45.3 Å². The number of hydrogen-bond donors (Lipinski definition) is 0. The zero-order chi connectivity index (χ0) is 32.8. The van der Waals surface area contributed by atoms with Crippen LogP contribution in [0.4, 0.5) is 26.3 Å². The summed E-state index contributed by atoms with van der Waals surface area (Å²) < 4.78 is 92.4. The standard InChI is InChI=1S/C33H39F6N3O3/c1-4-44-21-30-22-45-14-13-41(30)10-6-5-9-40-11-12-42(29(20-40)16-25-8-7-23(2)24(3)15-25)31(43)26-17-27(32(34,35)36)19-28(18-26)33(37,38)39/h7-8,15,17-19,29-30H,4,9-14,16,20-22H2,1-3H3/t29-,30+/m1/s1. The van der Waals surface area contributed by atoms with Crippen LogP contribution < -0.4 is 0 Å². The largest absolute Gasteiger partial charge is 0.416 e. The van der Waals surface area contributed by atoms with E-state index in [-0.39, 0.29) is 18.7 Å². The molecule has 0 spiro atoms. The summed E-state index contributed by atoms with van der Waals surface area (Å²) in [4.78, 5) is 19.3. The van der Waals surface area contributed by atoms with Gasteiger partial charge < -0.3 is 14.4 Å². The lowest BCUT2D eigenvalue weighted by atomic mass is 9.97. The summed E-state index contributed by atoms with van der Waals surface area (Å²) in [5, 5.41) is 0. The fourth-order valence-electron chi connectivity index (χ4n) is 5.58. The lowest BCUT2D eigenvalue weighted by molar-refractivity contribution is -0.143. The number of carbonyl (C=O) groups is 1. The summed E-state index contributed by atoms with van der Waals surface area (Å²) in [6.45, 7) is 10.8. The van der Waals surface area contributed by atoms with Crippen LogP contribution in [0, 0.1) is 25.7 Å². The molecule has 0 saturated carbocycles. The first-order valence-corrected chi connectivity index (χ1v) is 15.0. The third-order valence-electron chi connectivity index (χ3n) is 8.28. The summed E-state index contributed by atoms with van der Waals surface area (Å²) in [7, 11) is 0. The van der Waals surface area contributed by atoms with Gasteiger partial charge in [-0.1, -0.05) is 30.0 Å². The van der Waals surface area contributed by atoms with Gasteiger partial charge in [-0.05, 0) is 62.1 Å². The van der Waals surface area contributed by atoms with Gasteiger partial charge in [0.1, 0.15) is 0 Å². The second-order valence-corrected chi connectivity index (χ2v) is 11.5. The van der Waals surface area contributed by atoms with Gasteiger partial charge in [0, 0.05) is 44.4 Å². The Morgan fingerprint density at radius 1 is 0.911 bits per heavy atom. The molecule has 0 unspecified atom stereocenters. The van der Waals surface area contributed by atoms with Crippen LogP contribution in [0.5, 0.6) is 0 Å². The van der Waals surface area contributed by atoms with Crippen molar-refractivity contribution in [3.8, 4) is 11.8 Å². The van der Waals surface area contributed by atoms with Crippen molar-refractivity contribution >= 4 is 5.91 Å². The van der Waals surface area contributed by atoms with Gasteiger partial charge in [0.2, 0.25) is 0 Å². The van der Waals surface area contributed by atoms with E-state index in [1.165, 1.54) is 4.90 Å². The Balaban J connectivity index is 1.53. The number of benzene rings is 2. The highest BCUT2D eigenvalue weighted by Crippen LogP contribution is 2.37. The quantitative estimate of drug-likeness (QED) is 0.284. The van der Waals surface area contributed by atoms with Gasteiger partial charge in [-0.15, -0.1) is 0 Å². The van der Waals surface area contributed by atoms with Crippen molar-refractivity contribution in [1.29, 1.82) is 0 Å². The van der Waals surface area contributed by atoms with Crippen LogP contribution in [-0.4, -0.2) is 98.4 Å². The monoisotopic (exact) mass is 639 g/mol. The maximum absolute atomic E-state index is 13.6. The van der Waals surface area contributed by atoms with E-state index in [0.717, 1.165) is 23.2 Å². The Labute approximate surface area is 260 Å². The van der Waals surface area contributed by atoms with Gasteiger partial charge in [-0.25, -0.2) is 0 Å². The summed E-state index contributed by atoms with van der Waals surface area (Å²) in [5.41, 5.74) is -0.612. The van der Waals surface area contributed by atoms with Crippen LogP contribution in [0.25, 0.3) is 0 Å². The van der Waals surface area contributed by atoms with Crippen LogP contribution in [0.15, 0.2) is 36.4 Å². The molecular weight excluding hydrogens is 600 g/mol. The summed E-state index contributed by atoms with van der Waals surface area (Å²) in [6.07, 6.45) is -9.71. The lowest BCUT2D eigenvalue weighted by Crippen LogP contribution is -2.56. The highest BCUT2D eigenvalue weighted by Gasteiger charge is 2.39. The van der Waals surface area contributed by atoms with Crippen molar-refractivity contribution in [3.05, 3.63) is 69.8 Å². The second kappa shape index (κ2) is 15.0. The molecule has 2 aromatic carbocycles. The third-order valence-corrected chi connectivity index (χ3v) is 8.28. The Morgan fingerprint density at radius 3 is 2.24 bits per heavy atom. The number of rotatable bonds is 8. The fourth-order valence-corrected chi connectivity index (χ4v) is 5.58. The average Bonchev–Trinajstić information content (AvgIpc) is 2.99. The van der Waals surface area contributed by atoms with E-state index in [0.29, 0.717) is 71.2 Å². The molecule has 0 radical (unpaired) electrons. The smallest absolute Gasteiger partial charge is 0.380 e. The van der Waals surface area contributed by atoms with Crippen molar-refractivity contribution in [2.45, 2.75) is 51.6 Å². The van der Waals surface area contributed by atoms with E-state index in [1.54, 1.807) is 0 Å². The van der Waals surface area contributed by atoms with Crippen molar-refractivity contribution < 1.29 is 40.6 Å². The second-order valence-electron chi connectivity index (χ2n) is 11.5.